The second-order valence-corrected chi connectivity index (χ2v) is 5.75. The van der Waals surface area contributed by atoms with Crippen LogP contribution >= 0.6 is 0 Å². The molecule has 0 aliphatic carbocycles. The highest BCUT2D eigenvalue weighted by Crippen LogP contribution is 2.14. The fraction of sp³-hybridized carbons (Fsp3) is 0.0833. The maximum atomic E-state index is 11.3. The fourth-order valence-corrected chi connectivity index (χ4v) is 2.14. The molecule has 0 spiro atoms. The smallest absolute Gasteiger partial charge is 0.175 e. The van der Waals surface area contributed by atoms with Gasteiger partial charge >= 0.3 is 0 Å². The van der Waals surface area contributed by atoms with Crippen LogP contribution in [0.3, 0.4) is 0 Å². The average molecular weight is 249 g/mol. The van der Waals surface area contributed by atoms with Crippen LogP contribution in [-0.2, 0) is 9.84 Å². The Balaban J connectivity index is 2.38. The van der Waals surface area contributed by atoms with Crippen LogP contribution in [0, 0.1) is 0 Å². The lowest BCUT2D eigenvalue weighted by molar-refractivity contribution is 0.112. The largest absolute Gasteiger partial charge is 0.323 e. The van der Waals surface area contributed by atoms with Gasteiger partial charge in [-0.15, -0.1) is 0 Å². The van der Waals surface area contributed by atoms with Gasteiger partial charge in [-0.25, -0.2) is 8.42 Å². The minimum absolute atomic E-state index is 0.281. The molecule has 0 N–H and O–H groups in total. The lowest BCUT2D eigenvalue weighted by atomic mass is 10.3. The molecule has 88 valence electrons. The maximum Gasteiger partial charge on any atom is 0.175 e. The molecule has 0 fully saturated rings. The monoisotopic (exact) mass is 249 g/mol. The van der Waals surface area contributed by atoms with E-state index in [2.05, 4.69) is 0 Å². The first kappa shape index (κ1) is 11.6. The second-order valence-electron chi connectivity index (χ2n) is 3.74. The molecule has 1 aromatic carbocycles. The van der Waals surface area contributed by atoms with Gasteiger partial charge in [-0.1, -0.05) is 0 Å². The molecule has 0 bridgehead atoms. The van der Waals surface area contributed by atoms with Gasteiger partial charge < -0.3 is 4.57 Å². The molecule has 0 amide bonds. The van der Waals surface area contributed by atoms with Crippen molar-refractivity contribution in [2.75, 3.05) is 6.26 Å². The predicted molar refractivity (Wildman–Crippen MR) is 64.3 cm³/mol. The second kappa shape index (κ2) is 4.18. The number of nitrogens with zero attached hydrogens (tertiary/aromatic N) is 1. The van der Waals surface area contributed by atoms with E-state index in [4.69, 9.17) is 0 Å². The number of carbonyl (C=O) groups is 1. The van der Waals surface area contributed by atoms with Gasteiger partial charge in [0.2, 0.25) is 0 Å². The van der Waals surface area contributed by atoms with Crippen molar-refractivity contribution in [2.24, 2.45) is 0 Å². The summed E-state index contributed by atoms with van der Waals surface area (Å²) in [6.07, 6.45) is 5.37. The van der Waals surface area contributed by atoms with Gasteiger partial charge in [-0.3, -0.25) is 4.79 Å². The molecular formula is C12H11NO3S. The Morgan fingerprint density at radius 2 is 1.76 bits per heavy atom. The number of aromatic nitrogens is 1. The Labute approximate surface area is 99.4 Å². The standard InChI is InChI=1S/C12H11NO3S/c1-17(15,16)12-4-2-11(3-5-12)13-7-6-10(8-13)9-14/h2-9H,1H3. The van der Waals surface area contributed by atoms with Gasteiger partial charge in [-0.05, 0) is 30.3 Å². The van der Waals surface area contributed by atoms with Crippen LogP contribution in [-0.4, -0.2) is 25.5 Å². The van der Waals surface area contributed by atoms with E-state index >= 15 is 0 Å². The Morgan fingerprint density at radius 1 is 1.12 bits per heavy atom. The minimum atomic E-state index is -3.17. The molecule has 1 heterocycles. The molecule has 4 nitrogen and oxygen atoms in total. The fourth-order valence-electron chi connectivity index (χ4n) is 1.51. The van der Waals surface area contributed by atoms with Gasteiger partial charge in [-0.2, -0.15) is 0 Å². The van der Waals surface area contributed by atoms with Crippen molar-refractivity contribution < 1.29 is 13.2 Å². The number of aldehydes is 1. The minimum Gasteiger partial charge on any atom is -0.323 e. The van der Waals surface area contributed by atoms with Crippen molar-refractivity contribution in [3.05, 3.63) is 48.3 Å². The summed E-state index contributed by atoms with van der Waals surface area (Å²) in [5, 5.41) is 0. The molecule has 0 aliphatic heterocycles. The molecule has 0 aliphatic rings. The Hall–Kier alpha value is -1.88. The van der Waals surface area contributed by atoms with E-state index in [0.717, 1.165) is 12.0 Å². The van der Waals surface area contributed by atoms with E-state index in [0.29, 0.717) is 5.56 Å². The number of hydrogen-bond donors (Lipinski definition) is 0. The van der Waals surface area contributed by atoms with E-state index in [1.807, 2.05) is 0 Å². The summed E-state index contributed by atoms with van der Waals surface area (Å²) in [5.41, 5.74) is 1.39. The van der Waals surface area contributed by atoms with E-state index in [9.17, 15) is 13.2 Å². The molecule has 0 atom stereocenters. The summed E-state index contributed by atoms with van der Waals surface area (Å²) in [7, 11) is -3.17. The molecule has 0 unspecified atom stereocenters. The first-order valence-electron chi connectivity index (χ1n) is 4.94. The van der Waals surface area contributed by atoms with E-state index < -0.39 is 9.84 Å². The van der Waals surface area contributed by atoms with Crippen LogP contribution in [0.25, 0.3) is 5.69 Å². The Bertz CT molecular complexity index is 639. The quantitative estimate of drug-likeness (QED) is 0.778. The number of benzene rings is 1. The van der Waals surface area contributed by atoms with Crippen LogP contribution in [0.4, 0.5) is 0 Å². The van der Waals surface area contributed by atoms with Crippen LogP contribution in [0.1, 0.15) is 10.4 Å². The molecule has 0 saturated heterocycles. The Kier molecular flexibility index (Phi) is 2.85. The van der Waals surface area contributed by atoms with E-state index in [-0.39, 0.29) is 4.90 Å². The molecule has 2 aromatic rings. The number of carbonyl (C=O) groups excluding carboxylic acids is 1. The van der Waals surface area contributed by atoms with Crippen LogP contribution in [0.15, 0.2) is 47.6 Å². The summed E-state index contributed by atoms with van der Waals surface area (Å²) in [5.74, 6) is 0. The highest BCUT2D eigenvalue weighted by molar-refractivity contribution is 7.90. The molecule has 17 heavy (non-hydrogen) atoms. The van der Waals surface area contributed by atoms with Crippen molar-refractivity contribution in [3.8, 4) is 5.69 Å². The third kappa shape index (κ3) is 2.45. The third-order valence-electron chi connectivity index (χ3n) is 2.41. The number of rotatable bonds is 3. The van der Waals surface area contributed by atoms with Crippen LogP contribution in [0.2, 0.25) is 0 Å². The molecule has 0 saturated carbocycles. The molecular weight excluding hydrogens is 238 g/mol. The highest BCUT2D eigenvalue weighted by Gasteiger charge is 2.06. The van der Waals surface area contributed by atoms with Gasteiger partial charge in [0.1, 0.15) is 0 Å². The summed E-state index contributed by atoms with van der Waals surface area (Å²) in [6, 6.07) is 8.18. The van der Waals surface area contributed by atoms with Gasteiger partial charge in [0, 0.05) is 29.9 Å². The van der Waals surface area contributed by atoms with Crippen LogP contribution < -0.4 is 0 Å². The zero-order valence-electron chi connectivity index (χ0n) is 9.20. The summed E-state index contributed by atoms with van der Waals surface area (Å²) < 4.78 is 24.3. The zero-order chi connectivity index (χ0) is 12.5. The summed E-state index contributed by atoms with van der Waals surface area (Å²) in [4.78, 5) is 10.8. The molecule has 2 rings (SSSR count). The third-order valence-corrected chi connectivity index (χ3v) is 3.54. The lowest BCUT2D eigenvalue weighted by Crippen LogP contribution is -1.97. The summed E-state index contributed by atoms with van der Waals surface area (Å²) in [6.45, 7) is 0. The topological polar surface area (TPSA) is 56.1 Å². The SMILES string of the molecule is CS(=O)(=O)c1ccc(-n2ccc(C=O)c2)cc1. The van der Waals surface area contributed by atoms with Crippen molar-refractivity contribution in [1.29, 1.82) is 0 Å². The molecule has 1 aromatic heterocycles. The van der Waals surface area contributed by atoms with E-state index in [1.165, 1.54) is 6.26 Å². The predicted octanol–water partition coefficient (Wildman–Crippen LogP) is 1.69. The zero-order valence-corrected chi connectivity index (χ0v) is 10.0. The highest BCUT2D eigenvalue weighted by atomic mass is 32.2. The summed E-state index contributed by atoms with van der Waals surface area (Å²) >= 11 is 0. The lowest BCUT2D eigenvalue weighted by Gasteiger charge is -2.03. The van der Waals surface area contributed by atoms with Gasteiger partial charge in [0.25, 0.3) is 0 Å². The normalized spacial score (nSPS) is 11.4. The van der Waals surface area contributed by atoms with Crippen molar-refractivity contribution in [2.45, 2.75) is 4.90 Å². The first-order chi connectivity index (χ1) is 8.00. The average Bonchev–Trinajstić information content (AvgIpc) is 2.76. The van der Waals surface area contributed by atoms with Crippen molar-refractivity contribution in [1.82, 2.24) is 4.57 Å². The molecule has 0 radical (unpaired) electrons. The number of hydrogen-bond acceptors (Lipinski definition) is 3. The Morgan fingerprint density at radius 3 is 2.24 bits per heavy atom. The first-order valence-corrected chi connectivity index (χ1v) is 6.83. The van der Waals surface area contributed by atoms with Crippen LogP contribution in [0.5, 0.6) is 0 Å². The maximum absolute atomic E-state index is 11.3. The number of sulfone groups is 1. The van der Waals surface area contributed by atoms with Crippen molar-refractivity contribution >= 4 is 16.1 Å². The molecule has 5 heteroatoms. The van der Waals surface area contributed by atoms with Gasteiger partial charge in [0.05, 0.1) is 4.90 Å². The van der Waals surface area contributed by atoms with Gasteiger partial charge in [0.15, 0.2) is 16.1 Å². The van der Waals surface area contributed by atoms with E-state index in [1.54, 1.807) is 47.3 Å². The van der Waals surface area contributed by atoms with Crippen molar-refractivity contribution in [3.63, 3.8) is 0 Å².